The van der Waals surface area contributed by atoms with E-state index in [1.165, 1.54) is 0 Å². The van der Waals surface area contributed by atoms with Crippen LogP contribution in [0.1, 0.15) is 45.6 Å². The predicted molar refractivity (Wildman–Crippen MR) is 66.9 cm³/mol. The Morgan fingerprint density at radius 1 is 1.47 bits per heavy atom. The van der Waals surface area contributed by atoms with E-state index in [2.05, 4.69) is 4.98 Å². The van der Waals surface area contributed by atoms with Crippen LogP contribution in [0.4, 0.5) is 0 Å². The molecule has 0 radical (unpaired) electrons. The first kappa shape index (κ1) is 12.4. The fourth-order valence-corrected chi connectivity index (χ4v) is 2.28. The summed E-state index contributed by atoms with van der Waals surface area (Å²) in [6, 6.07) is 1.93. The first-order chi connectivity index (χ1) is 8.06. The largest absolute Gasteiger partial charge is 0.489 e. The molecule has 1 aromatic heterocycles. The van der Waals surface area contributed by atoms with Gasteiger partial charge in [0, 0.05) is 11.8 Å². The van der Waals surface area contributed by atoms with Crippen molar-refractivity contribution in [2.75, 3.05) is 0 Å². The van der Waals surface area contributed by atoms with Crippen LogP contribution in [0.2, 0.25) is 0 Å². The molecule has 1 aromatic rings. The Labute approximate surface area is 103 Å². The maximum Gasteiger partial charge on any atom is 0.138 e. The molecule has 0 spiro atoms. The molecule has 1 fully saturated rings. The summed E-state index contributed by atoms with van der Waals surface area (Å²) < 4.78 is 5.62. The van der Waals surface area contributed by atoms with E-state index < -0.39 is 5.60 Å². The van der Waals surface area contributed by atoms with Gasteiger partial charge in [-0.1, -0.05) is 6.92 Å². The van der Waals surface area contributed by atoms with E-state index in [9.17, 15) is 5.11 Å². The molecule has 1 saturated carbocycles. The van der Waals surface area contributed by atoms with Crippen molar-refractivity contribution in [2.45, 2.75) is 51.7 Å². The van der Waals surface area contributed by atoms with Crippen LogP contribution in [0.5, 0.6) is 5.75 Å². The summed E-state index contributed by atoms with van der Waals surface area (Å²) >= 11 is 0. The number of pyridine rings is 1. The summed E-state index contributed by atoms with van der Waals surface area (Å²) in [6.45, 7) is 5.99. The second-order valence-corrected chi connectivity index (χ2v) is 5.13. The van der Waals surface area contributed by atoms with Gasteiger partial charge in [0.15, 0.2) is 0 Å². The quantitative estimate of drug-likeness (QED) is 0.853. The average molecular weight is 235 g/mol. The van der Waals surface area contributed by atoms with Crippen LogP contribution in [0.15, 0.2) is 18.5 Å². The molecule has 3 heteroatoms. The molecule has 0 bridgehead atoms. The second kappa shape index (κ2) is 4.65. The predicted octanol–water partition coefficient (Wildman–Crippen LogP) is 2.88. The van der Waals surface area contributed by atoms with Gasteiger partial charge in [-0.2, -0.15) is 0 Å². The van der Waals surface area contributed by atoms with Crippen molar-refractivity contribution in [3.8, 4) is 5.75 Å². The minimum Gasteiger partial charge on any atom is -0.489 e. The van der Waals surface area contributed by atoms with E-state index in [0.29, 0.717) is 5.92 Å². The third kappa shape index (κ3) is 2.60. The lowest BCUT2D eigenvalue weighted by molar-refractivity contribution is 0.00826. The zero-order chi connectivity index (χ0) is 12.5. The fraction of sp³-hybridized carbons (Fsp3) is 0.643. The van der Waals surface area contributed by atoms with Crippen molar-refractivity contribution in [1.82, 2.24) is 4.98 Å². The van der Waals surface area contributed by atoms with Gasteiger partial charge in [0.05, 0.1) is 17.9 Å². The minimum atomic E-state index is -0.719. The molecule has 1 heterocycles. The maximum absolute atomic E-state index is 10.7. The van der Waals surface area contributed by atoms with E-state index in [1.54, 1.807) is 12.4 Å². The Bertz CT molecular complexity index is 388. The molecule has 94 valence electrons. The van der Waals surface area contributed by atoms with Crippen LogP contribution in [0, 0.1) is 5.92 Å². The van der Waals surface area contributed by atoms with Gasteiger partial charge in [-0.25, -0.2) is 0 Å². The molecule has 1 aliphatic rings. The third-order valence-corrected chi connectivity index (χ3v) is 3.38. The summed E-state index contributed by atoms with van der Waals surface area (Å²) in [5.41, 5.74) is 0.171. The van der Waals surface area contributed by atoms with Gasteiger partial charge in [-0.05, 0) is 45.1 Å². The van der Waals surface area contributed by atoms with Crippen LogP contribution in [0.25, 0.3) is 0 Å². The van der Waals surface area contributed by atoms with Crippen molar-refractivity contribution < 1.29 is 9.84 Å². The zero-order valence-corrected chi connectivity index (χ0v) is 10.8. The zero-order valence-electron chi connectivity index (χ0n) is 10.8. The number of ether oxygens (including phenoxy) is 1. The minimum absolute atomic E-state index is 0.127. The number of nitrogens with zero attached hydrogens (tertiary/aromatic N) is 1. The molecule has 17 heavy (non-hydrogen) atoms. The highest BCUT2D eigenvalue weighted by Crippen LogP contribution is 2.47. The van der Waals surface area contributed by atoms with E-state index in [1.807, 2.05) is 26.8 Å². The summed E-state index contributed by atoms with van der Waals surface area (Å²) in [5, 5.41) is 10.7. The van der Waals surface area contributed by atoms with Crippen LogP contribution in [-0.4, -0.2) is 16.2 Å². The van der Waals surface area contributed by atoms with Crippen LogP contribution >= 0.6 is 0 Å². The van der Waals surface area contributed by atoms with Gasteiger partial charge in [-0.3, -0.25) is 4.98 Å². The highest BCUT2D eigenvalue weighted by atomic mass is 16.5. The second-order valence-electron chi connectivity index (χ2n) is 5.13. The molecule has 0 aliphatic heterocycles. The lowest BCUT2D eigenvalue weighted by Gasteiger charge is -2.27. The van der Waals surface area contributed by atoms with E-state index in [-0.39, 0.29) is 6.10 Å². The highest BCUT2D eigenvalue weighted by molar-refractivity contribution is 5.29. The third-order valence-electron chi connectivity index (χ3n) is 3.38. The molecule has 1 aliphatic carbocycles. The van der Waals surface area contributed by atoms with E-state index in [0.717, 1.165) is 30.6 Å². The fourth-order valence-electron chi connectivity index (χ4n) is 2.28. The molecule has 0 amide bonds. The van der Waals surface area contributed by atoms with Crippen molar-refractivity contribution in [2.24, 2.45) is 5.92 Å². The van der Waals surface area contributed by atoms with Gasteiger partial charge >= 0.3 is 0 Å². The SMILES string of the molecule is CCC(O)(c1cncc(OC(C)C)c1)C1CC1. The lowest BCUT2D eigenvalue weighted by Crippen LogP contribution is -2.27. The Balaban J connectivity index is 2.25. The topological polar surface area (TPSA) is 42.4 Å². The summed E-state index contributed by atoms with van der Waals surface area (Å²) in [5.74, 6) is 1.13. The van der Waals surface area contributed by atoms with Gasteiger partial charge in [0.1, 0.15) is 5.75 Å². The molecule has 1 N–H and O–H groups in total. The Kier molecular flexibility index (Phi) is 3.38. The monoisotopic (exact) mass is 235 g/mol. The molecule has 1 unspecified atom stereocenters. The average Bonchev–Trinajstić information content (AvgIpc) is 3.11. The van der Waals surface area contributed by atoms with Crippen molar-refractivity contribution in [3.63, 3.8) is 0 Å². The van der Waals surface area contributed by atoms with Crippen molar-refractivity contribution in [1.29, 1.82) is 0 Å². The van der Waals surface area contributed by atoms with Crippen molar-refractivity contribution >= 4 is 0 Å². The molecular weight excluding hydrogens is 214 g/mol. The molecule has 0 saturated heterocycles. The Hall–Kier alpha value is -1.09. The standard InChI is InChI=1S/C14H21NO2/c1-4-14(16,11-5-6-11)12-7-13(9-15-8-12)17-10(2)3/h7-11,16H,4-6H2,1-3H3. The van der Waals surface area contributed by atoms with Crippen LogP contribution in [0.3, 0.4) is 0 Å². The Morgan fingerprint density at radius 3 is 2.71 bits per heavy atom. The van der Waals surface area contributed by atoms with Gasteiger partial charge in [0.25, 0.3) is 0 Å². The maximum atomic E-state index is 10.7. The first-order valence-electron chi connectivity index (χ1n) is 6.41. The smallest absolute Gasteiger partial charge is 0.138 e. The molecule has 2 rings (SSSR count). The number of rotatable bonds is 5. The Morgan fingerprint density at radius 2 is 2.18 bits per heavy atom. The first-order valence-corrected chi connectivity index (χ1v) is 6.41. The van der Waals surface area contributed by atoms with E-state index in [4.69, 9.17) is 4.74 Å². The normalized spacial score (nSPS) is 19.1. The molecular formula is C14H21NO2. The summed E-state index contributed by atoms with van der Waals surface area (Å²) in [6.07, 6.45) is 6.54. The molecule has 1 atom stereocenters. The van der Waals surface area contributed by atoms with E-state index >= 15 is 0 Å². The van der Waals surface area contributed by atoms with Gasteiger partial charge in [-0.15, -0.1) is 0 Å². The number of aromatic nitrogens is 1. The summed E-state index contributed by atoms with van der Waals surface area (Å²) in [7, 11) is 0. The number of aliphatic hydroxyl groups is 1. The van der Waals surface area contributed by atoms with Gasteiger partial charge < -0.3 is 9.84 Å². The van der Waals surface area contributed by atoms with Crippen LogP contribution in [-0.2, 0) is 5.60 Å². The molecule has 3 nitrogen and oxygen atoms in total. The number of hydrogen-bond donors (Lipinski definition) is 1. The van der Waals surface area contributed by atoms with Crippen LogP contribution < -0.4 is 4.74 Å². The lowest BCUT2D eigenvalue weighted by atomic mass is 9.87. The van der Waals surface area contributed by atoms with Crippen molar-refractivity contribution in [3.05, 3.63) is 24.0 Å². The molecule has 0 aromatic carbocycles. The van der Waals surface area contributed by atoms with Gasteiger partial charge in [0.2, 0.25) is 0 Å². The highest BCUT2D eigenvalue weighted by Gasteiger charge is 2.44. The number of hydrogen-bond acceptors (Lipinski definition) is 3. The summed E-state index contributed by atoms with van der Waals surface area (Å²) in [4.78, 5) is 4.18.